The molecule has 1 aliphatic carbocycles. The van der Waals surface area contributed by atoms with Crippen LogP contribution in [0.4, 0.5) is 0 Å². The van der Waals surface area contributed by atoms with Gasteiger partial charge in [0.15, 0.2) is 0 Å². The third-order valence-electron chi connectivity index (χ3n) is 4.86. The van der Waals surface area contributed by atoms with E-state index >= 15 is 0 Å². The quantitative estimate of drug-likeness (QED) is 0.757. The van der Waals surface area contributed by atoms with Gasteiger partial charge in [0.1, 0.15) is 11.5 Å². The molecular weight excluding hydrogens is 366 g/mol. The van der Waals surface area contributed by atoms with E-state index in [0.717, 1.165) is 18.4 Å². The minimum Gasteiger partial charge on any atom is -0.481 e. The van der Waals surface area contributed by atoms with Crippen molar-refractivity contribution in [3.05, 3.63) is 59.1 Å². The van der Waals surface area contributed by atoms with E-state index in [1.54, 1.807) is 24.3 Å². The van der Waals surface area contributed by atoms with Gasteiger partial charge < -0.3 is 15.2 Å². The highest BCUT2D eigenvalue weighted by Gasteiger charge is 2.35. The van der Waals surface area contributed by atoms with Gasteiger partial charge in [-0.2, -0.15) is 0 Å². The maximum atomic E-state index is 12.4. The Hall–Kier alpha value is -2.53. The van der Waals surface area contributed by atoms with Gasteiger partial charge in [-0.3, -0.25) is 9.59 Å². The fourth-order valence-corrected chi connectivity index (χ4v) is 3.50. The van der Waals surface area contributed by atoms with Gasteiger partial charge in [0, 0.05) is 11.6 Å². The molecule has 2 aromatic rings. The molecule has 0 aliphatic heterocycles. The van der Waals surface area contributed by atoms with Crippen LogP contribution in [-0.4, -0.2) is 17.0 Å². The molecule has 3 rings (SSSR count). The highest BCUT2D eigenvalue weighted by molar-refractivity contribution is 6.30. The molecule has 6 heteroatoms. The Morgan fingerprint density at radius 1 is 0.963 bits per heavy atom. The summed E-state index contributed by atoms with van der Waals surface area (Å²) in [5.74, 6) is -0.692. The van der Waals surface area contributed by atoms with Gasteiger partial charge in [-0.25, -0.2) is 0 Å². The van der Waals surface area contributed by atoms with E-state index in [-0.39, 0.29) is 5.91 Å². The van der Waals surface area contributed by atoms with Crippen molar-refractivity contribution in [1.82, 2.24) is 5.32 Å². The minimum atomic E-state index is -0.876. The molecule has 142 valence electrons. The van der Waals surface area contributed by atoms with Crippen molar-refractivity contribution in [2.45, 2.75) is 32.2 Å². The van der Waals surface area contributed by atoms with Crippen molar-refractivity contribution in [3.8, 4) is 11.5 Å². The van der Waals surface area contributed by atoms with Gasteiger partial charge in [0.05, 0.1) is 11.8 Å². The Bertz CT molecular complexity index is 789. The van der Waals surface area contributed by atoms with E-state index in [2.05, 4.69) is 5.32 Å². The molecule has 0 aromatic heterocycles. The SMILES string of the molecule is O=C(O)C1CCCCC1C(=O)NCc1ccc(Oc2ccc(Cl)cc2)cc1. The lowest BCUT2D eigenvalue weighted by molar-refractivity contribution is -0.148. The van der Waals surface area contributed by atoms with Crippen LogP contribution in [0.2, 0.25) is 5.02 Å². The average Bonchev–Trinajstić information content (AvgIpc) is 2.69. The highest BCUT2D eigenvalue weighted by atomic mass is 35.5. The Labute approximate surface area is 163 Å². The molecule has 0 radical (unpaired) electrons. The number of ether oxygens (including phenoxy) is 1. The molecule has 1 aliphatic rings. The fourth-order valence-electron chi connectivity index (χ4n) is 3.37. The highest BCUT2D eigenvalue weighted by Crippen LogP contribution is 2.30. The molecule has 0 heterocycles. The summed E-state index contributed by atoms with van der Waals surface area (Å²) >= 11 is 5.86. The Kier molecular flexibility index (Phi) is 6.35. The van der Waals surface area contributed by atoms with E-state index in [0.29, 0.717) is 35.9 Å². The molecule has 1 fully saturated rings. The molecule has 0 bridgehead atoms. The number of carbonyl (C=O) groups is 2. The van der Waals surface area contributed by atoms with E-state index in [9.17, 15) is 14.7 Å². The summed E-state index contributed by atoms with van der Waals surface area (Å²) in [5, 5.41) is 12.8. The van der Waals surface area contributed by atoms with Gasteiger partial charge in [-0.15, -0.1) is 0 Å². The zero-order valence-electron chi connectivity index (χ0n) is 14.9. The van der Waals surface area contributed by atoms with Crippen LogP contribution >= 0.6 is 11.6 Å². The number of halogens is 1. The van der Waals surface area contributed by atoms with Gasteiger partial charge in [-0.1, -0.05) is 36.6 Å². The van der Waals surface area contributed by atoms with Gasteiger partial charge >= 0.3 is 5.97 Å². The molecule has 2 N–H and O–H groups in total. The number of nitrogens with one attached hydrogen (secondary N) is 1. The van der Waals surface area contributed by atoms with Crippen molar-refractivity contribution in [1.29, 1.82) is 0 Å². The number of benzene rings is 2. The molecular formula is C21H22ClNO4. The molecule has 2 unspecified atom stereocenters. The van der Waals surface area contributed by atoms with Crippen LogP contribution < -0.4 is 10.1 Å². The lowest BCUT2D eigenvalue weighted by atomic mass is 9.78. The van der Waals surface area contributed by atoms with Crippen molar-refractivity contribution in [3.63, 3.8) is 0 Å². The second kappa shape index (κ2) is 8.91. The predicted octanol–water partition coefficient (Wildman–Crippen LogP) is 4.64. The lowest BCUT2D eigenvalue weighted by Gasteiger charge is -2.27. The fraction of sp³-hybridized carbons (Fsp3) is 0.333. The minimum absolute atomic E-state index is 0.177. The Morgan fingerprint density at radius 3 is 2.11 bits per heavy atom. The zero-order valence-corrected chi connectivity index (χ0v) is 15.6. The standard InChI is InChI=1S/C21H22ClNO4/c22-15-7-11-17(12-8-15)27-16-9-5-14(6-10-16)13-23-20(24)18-3-1-2-4-19(18)21(25)26/h5-12,18-19H,1-4,13H2,(H,23,24)(H,25,26). The van der Waals surface area contributed by atoms with Crippen LogP contribution in [0.25, 0.3) is 0 Å². The monoisotopic (exact) mass is 387 g/mol. The van der Waals surface area contributed by atoms with E-state index in [1.165, 1.54) is 0 Å². The van der Waals surface area contributed by atoms with Crippen molar-refractivity contribution >= 4 is 23.5 Å². The summed E-state index contributed by atoms with van der Waals surface area (Å²) in [6.07, 6.45) is 2.98. The average molecular weight is 388 g/mol. The van der Waals surface area contributed by atoms with E-state index < -0.39 is 17.8 Å². The third kappa shape index (κ3) is 5.23. The van der Waals surface area contributed by atoms with Crippen LogP contribution in [0, 0.1) is 11.8 Å². The number of carboxylic acids is 1. The zero-order chi connectivity index (χ0) is 19.2. The van der Waals surface area contributed by atoms with E-state index in [4.69, 9.17) is 16.3 Å². The summed E-state index contributed by atoms with van der Waals surface area (Å²) in [4.78, 5) is 23.8. The third-order valence-corrected chi connectivity index (χ3v) is 5.11. The number of carboxylic acid groups (broad SMARTS) is 1. The Morgan fingerprint density at radius 2 is 1.52 bits per heavy atom. The molecule has 2 atom stereocenters. The molecule has 2 aromatic carbocycles. The number of carbonyl (C=O) groups excluding carboxylic acids is 1. The van der Waals surface area contributed by atoms with Gasteiger partial charge in [0.25, 0.3) is 0 Å². The summed E-state index contributed by atoms with van der Waals surface area (Å²) in [7, 11) is 0. The smallest absolute Gasteiger partial charge is 0.307 e. The molecule has 1 amide bonds. The first-order chi connectivity index (χ1) is 13.0. The molecule has 5 nitrogen and oxygen atoms in total. The maximum Gasteiger partial charge on any atom is 0.307 e. The second-order valence-corrected chi connectivity index (χ2v) is 7.19. The van der Waals surface area contributed by atoms with Crippen molar-refractivity contribution < 1.29 is 19.4 Å². The van der Waals surface area contributed by atoms with Crippen LogP contribution in [0.3, 0.4) is 0 Å². The number of rotatable bonds is 6. The second-order valence-electron chi connectivity index (χ2n) is 6.75. The summed E-state index contributed by atoms with van der Waals surface area (Å²) in [5.41, 5.74) is 0.925. The number of hydrogen-bond donors (Lipinski definition) is 2. The molecule has 0 saturated heterocycles. The van der Waals surface area contributed by atoms with E-state index in [1.807, 2.05) is 24.3 Å². The van der Waals surface area contributed by atoms with Crippen LogP contribution in [-0.2, 0) is 16.1 Å². The van der Waals surface area contributed by atoms with Crippen molar-refractivity contribution in [2.75, 3.05) is 0 Å². The van der Waals surface area contributed by atoms with Gasteiger partial charge in [-0.05, 0) is 54.8 Å². The summed E-state index contributed by atoms with van der Waals surface area (Å²) in [6.45, 7) is 0.364. The van der Waals surface area contributed by atoms with Crippen LogP contribution in [0.5, 0.6) is 11.5 Å². The number of aliphatic carboxylic acids is 1. The normalized spacial score (nSPS) is 19.3. The van der Waals surface area contributed by atoms with Crippen LogP contribution in [0.1, 0.15) is 31.2 Å². The topological polar surface area (TPSA) is 75.6 Å². The number of hydrogen-bond acceptors (Lipinski definition) is 3. The Balaban J connectivity index is 1.54. The maximum absolute atomic E-state index is 12.4. The van der Waals surface area contributed by atoms with Crippen molar-refractivity contribution in [2.24, 2.45) is 11.8 Å². The largest absolute Gasteiger partial charge is 0.481 e. The first kappa shape index (κ1) is 19.2. The molecule has 0 spiro atoms. The first-order valence-electron chi connectivity index (χ1n) is 9.06. The van der Waals surface area contributed by atoms with Crippen LogP contribution in [0.15, 0.2) is 48.5 Å². The summed E-state index contributed by atoms with van der Waals surface area (Å²) < 4.78 is 5.74. The van der Waals surface area contributed by atoms with Gasteiger partial charge in [0.2, 0.25) is 5.91 Å². The molecule has 27 heavy (non-hydrogen) atoms. The lowest BCUT2D eigenvalue weighted by Crippen LogP contribution is -2.39. The molecule has 1 saturated carbocycles. The summed E-state index contributed by atoms with van der Waals surface area (Å²) in [6, 6.07) is 14.5. The predicted molar refractivity (Wildman–Crippen MR) is 103 cm³/mol. The number of amides is 1. The first-order valence-corrected chi connectivity index (χ1v) is 9.43.